The lowest BCUT2D eigenvalue weighted by Gasteiger charge is -2.20. The number of hydrogen-bond donors (Lipinski definition) is 1. The standard InChI is InChI=1S/C10H19NO4/c1-4-8(2)5-11(3)9(12)6-15-7-10(13)14/h8H,4-7H2,1-3H3,(H,13,14). The Morgan fingerprint density at radius 3 is 2.47 bits per heavy atom. The smallest absolute Gasteiger partial charge is 0.329 e. The lowest BCUT2D eigenvalue weighted by molar-refractivity contribution is -0.145. The molecule has 1 N–H and O–H groups in total. The average molecular weight is 217 g/mol. The van der Waals surface area contributed by atoms with Crippen molar-refractivity contribution in [2.45, 2.75) is 20.3 Å². The summed E-state index contributed by atoms with van der Waals surface area (Å²) in [6.07, 6.45) is 1.01. The molecule has 0 saturated heterocycles. The zero-order valence-corrected chi connectivity index (χ0v) is 9.52. The fourth-order valence-corrected chi connectivity index (χ4v) is 1.03. The largest absolute Gasteiger partial charge is 0.480 e. The number of nitrogens with zero attached hydrogens (tertiary/aromatic N) is 1. The van der Waals surface area contributed by atoms with E-state index in [-0.39, 0.29) is 12.5 Å². The van der Waals surface area contributed by atoms with Crippen molar-refractivity contribution >= 4 is 11.9 Å². The molecule has 0 aromatic rings. The monoisotopic (exact) mass is 217 g/mol. The highest BCUT2D eigenvalue weighted by Crippen LogP contribution is 2.02. The van der Waals surface area contributed by atoms with E-state index < -0.39 is 12.6 Å². The van der Waals surface area contributed by atoms with Crippen LogP contribution in [0.3, 0.4) is 0 Å². The Morgan fingerprint density at radius 2 is 2.00 bits per heavy atom. The summed E-state index contributed by atoms with van der Waals surface area (Å²) in [6.45, 7) is 4.19. The van der Waals surface area contributed by atoms with E-state index in [1.807, 2.05) is 0 Å². The molecule has 0 heterocycles. The maximum atomic E-state index is 11.4. The van der Waals surface area contributed by atoms with Crippen LogP contribution in [0.2, 0.25) is 0 Å². The van der Waals surface area contributed by atoms with E-state index in [4.69, 9.17) is 9.84 Å². The van der Waals surface area contributed by atoms with E-state index in [0.717, 1.165) is 6.42 Å². The Labute approximate surface area is 90.0 Å². The third-order valence-electron chi connectivity index (χ3n) is 2.16. The van der Waals surface area contributed by atoms with Crippen LogP contribution in [0.25, 0.3) is 0 Å². The van der Waals surface area contributed by atoms with Gasteiger partial charge in [0.05, 0.1) is 0 Å². The van der Waals surface area contributed by atoms with E-state index in [1.54, 1.807) is 11.9 Å². The number of ether oxygens (including phenoxy) is 1. The van der Waals surface area contributed by atoms with Crippen molar-refractivity contribution in [1.82, 2.24) is 4.90 Å². The maximum absolute atomic E-state index is 11.4. The molecule has 0 bridgehead atoms. The molecule has 1 atom stereocenters. The van der Waals surface area contributed by atoms with Crippen molar-refractivity contribution < 1.29 is 19.4 Å². The quantitative estimate of drug-likeness (QED) is 0.678. The fourth-order valence-electron chi connectivity index (χ4n) is 1.03. The van der Waals surface area contributed by atoms with Gasteiger partial charge in [-0.2, -0.15) is 0 Å². The molecule has 0 aromatic carbocycles. The summed E-state index contributed by atoms with van der Waals surface area (Å²) in [4.78, 5) is 23.1. The second-order valence-electron chi connectivity index (χ2n) is 3.67. The summed E-state index contributed by atoms with van der Waals surface area (Å²) in [5.41, 5.74) is 0. The normalized spacial score (nSPS) is 12.2. The Kier molecular flexibility index (Phi) is 6.70. The van der Waals surface area contributed by atoms with E-state index >= 15 is 0 Å². The van der Waals surface area contributed by atoms with Crippen LogP contribution in [0.5, 0.6) is 0 Å². The van der Waals surface area contributed by atoms with E-state index in [0.29, 0.717) is 12.5 Å². The summed E-state index contributed by atoms with van der Waals surface area (Å²) in [6, 6.07) is 0. The van der Waals surface area contributed by atoms with Gasteiger partial charge in [-0.25, -0.2) is 4.79 Å². The van der Waals surface area contributed by atoms with Crippen molar-refractivity contribution in [1.29, 1.82) is 0 Å². The van der Waals surface area contributed by atoms with Gasteiger partial charge in [0.15, 0.2) is 0 Å². The first kappa shape index (κ1) is 13.9. The molecule has 0 fully saturated rings. The Morgan fingerprint density at radius 1 is 1.40 bits per heavy atom. The van der Waals surface area contributed by atoms with Crippen LogP contribution in [0, 0.1) is 5.92 Å². The predicted octanol–water partition coefficient (Wildman–Crippen LogP) is 0.592. The second-order valence-corrected chi connectivity index (χ2v) is 3.67. The first-order valence-electron chi connectivity index (χ1n) is 5.00. The van der Waals surface area contributed by atoms with Gasteiger partial charge >= 0.3 is 5.97 Å². The molecule has 0 saturated carbocycles. The van der Waals surface area contributed by atoms with Gasteiger partial charge in [-0.3, -0.25) is 4.79 Å². The van der Waals surface area contributed by atoms with E-state index in [9.17, 15) is 9.59 Å². The van der Waals surface area contributed by atoms with Crippen LogP contribution in [-0.4, -0.2) is 48.7 Å². The summed E-state index contributed by atoms with van der Waals surface area (Å²) < 4.78 is 4.70. The summed E-state index contributed by atoms with van der Waals surface area (Å²) in [7, 11) is 1.69. The number of hydrogen-bond acceptors (Lipinski definition) is 3. The molecule has 15 heavy (non-hydrogen) atoms. The van der Waals surface area contributed by atoms with Crippen LogP contribution < -0.4 is 0 Å². The SMILES string of the molecule is CCC(C)CN(C)C(=O)COCC(=O)O. The first-order valence-corrected chi connectivity index (χ1v) is 5.00. The number of amides is 1. The Balaban J connectivity index is 3.74. The lowest BCUT2D eigenvalue weighted by Crippen LogP contribution is -2.34. The highest BCUT2D eigenvalue weighted by molar-refractivity contribution is 5.77. The Hall–Kier alpha value is -1.10. The van der Waals surface area contributed by atoms with Gasteiger partial charge in [0.2, 0.25) is 5.91 Å². The first-order chi connectivity index (χ1) is 6.97. The van der Waals surface area contributed by atoms with Gasteiger partial charge in [-0.05, 0) is 5.92 Å². The molecule has 5 nitrogen and oxygen atoms in total. The lowest BCUT2D eigenvalue weighted by atomic mass is 10.1. The molecule has 0 radical (unpaired) electrons. The Bertz CT molecular complexity index is 217. The molecule has 0 aliphatic rings. The van der Waals surface area contributed by atoms with Gasteiger partial charge in [0.1, 0.15) is 13.2 Å². The summed E-state index contributed by atoms with van der Waals surface area (Å²) in [5, 5.41) is 8.30. The molecular weight excluding hydrogens is 198 g/mol. The van der Waals surface area contributed by atoms with Gasteiger partial charge < -0.3 is 14.7 Å². The second kappa shape index (κ2) is 7.23. The van der Waals surface area contributed by atoms with Crippen LogP contribution in [-0.2, 0) is 14.3 Å². The molecule has 0 aliphatic carbocycles. The van der Waals surface area contributed by atoms with Gasteiger partial charge in [0.25, 0.3) is 0 Å². The predicted molar refractivity (Wildman–Crippen MR) is 55.5 cm³/mol. The molecule has 0 aromatic heterocycles. The van der Waals surface area contributed by atoms with Crippen molar-refractivity contribution in [3.8, 4) is 0 Å². The summed E-state index contributed by atoms with van der Waals surface area (Å²) in [5.74, 6) is -0.803. The van der Waals surface area contributed by atoms with Crippen LogP contribution in [0.4, 0.5) is 0 Å². The average Bonchev–Trinajstić information content (AvgIpc) is 2.16. The van der Waals surface area contributed by atoms with E-state index in [1.165, 1.54) is 0 Å². The number of carboxylic acid groups (broad SMARTS) is 1. The van der Waals surface area contributed by atoms with Gasteiger partial charge in [-0.1, -0.05) is 20.3 Å². The highest BCUT2D eigenvalue weighted by Gasteiger charge is 2.11. The number of carbonyl (C=O) groups is 2. The van der Waals surface area contributed by atoms with Gasteiger partial charge in [0, 0.05) is 13.6 Å². The number of carboxylic acids is 1. The fraction of sp³-hybridized carbons (Fsp3) is 0.800. The third-order valence-corrected chi connectivity index (χ3v) is 2.16. The minimum absolute atomic E-state index is 0.167. The zero-order valence-electron chi connectivity index (χ0n) is 9.52. The van der Waals surface area contributed by atoms with Crippen molar-refractivity contribution in [2.75, 3.05) is 26.8 Å². The number of aliphatic carboxylic acids is 1. The molecule has 0 spiro atoms. The zero-order chi connectivity index (χ0) is 11.8. The van der Waals surface area contributed by atoms with Crippen LogP contribution in [0.15, 0.2) is 0 Å². The molecule has 1 amide bonds. The minimum atomic E-state index is -1.06. The van der Waals surface area contributed by atoms with Crippen molar-refractivity contribution in [3.05, 3.63) is 0 Å². The van der Waals surface area contributed by atoms with Crippen molar-refractivity contribution in [2.24, 2.45) is 5.92 Å². The van der Waals surface area contributed by atoms with Crippen LogP contribution >= 0.6 is 0 Å². The number of carbonyl (C=O) groups excluding carboxylic acids is 1. The molecular formula is C10H19NO4. The summed E-state index contributed by atoms with van der Waals surface area (Å²) >= 11 is 0. The molecule has 0 aliphatic heterocycles. The highest BCUT2D eigenvalue weighted by atomic mass is 16.5. The molecule has 5 heteroatoms. The number of rotatable bonds is 7. The van der Waals surface area contributed by atoms with Crippen molar-refractivity contribution in [3.63, 3.8) is 0 Å². The number of likely N-dealkylation sites (N-methyl/N-ethyl adjacent to an activating group) is 1. The van der Waals surface area contributed by atoms with Crippen LogP contribution in [0.1, 0.15) is 20.3 Å². The van der Waals surface area contributed by atoms with E-state index in [2.05, 4.69) is 13.8 Å². The molecule has 0 rings (SSSR count). The topological polar surface area (TPSA) is 66.8 Å². The molecule has 88 valence electrons. The molecule has 1 unspecified atom stereocenters. The third kappa shape index (κ3) is 6.90. The maximum Gasteiger partial charge on any atom is 0.329 e. The minimum Gasteiger partial charge on any atom is -0.480 e. The van der Waals surface area contributed by atoms with Gasteiger partial charge in [-0.15, -0.1) is 0 Å².